The summed E-state index contributed by atoms with van der Waals surface area (Å²) in [6, 6.07) is 4.99. The molecule has 12 heavy (non-hydrogen) atoms. The van der Waals surface area contributed by atoms with Gasteiger partial charge in [-0.25, -0.2) is 8.78 Å². The van der Waals surface area contributed by atoms with Crippen LogP contribution in [0, 0.1) is 5.82 Å². The zero-order valence-electron chi connectivity index (χ0n) is 6.43. The molecule has 0 aliphatic heterocycles. The molecule has 1 unspecified atom stereocenters. The Morgan fingerprint density at radius 3 is 2.25 bits per heavy atom. The molecule has 0 radical (unpaired) electrons. The lowest BCUT2D eigenvalue weighted by Gasteiger charge is -2.04. The average Bonchev–Trinajstić information content (AvgIpc) is 2.06. The highest BCUT2D eigenvalue weighted by Crippen LogP contribution is 2.20. The van der Waals surface area contributed by atoms with Gasteiger partial charge in [-0.1, -0.05) is 12.1 Å². The molecule has 0 heterocycles. The highest BCUT2D eigenvalue weighted by atomic mass is 19.1. The van der Waals surface area contributed by atoms with Gasteiger partial charge in [0.05, 0.1) is 6.67 Å². The van der Waals surface area contributed by atoms with Gasteiger partial charge in [-0.2, -0.15) is 0 Å². The number of alkyl halides is 2. The maximum atomic E-state index is 12.9. The Hall–Kier alpha value is -0.990. The van der Waals surface area contributed by atoms with E-state index in [-0.39, 0.29) is 6.42 Å². The van der Waals surface area contributed by atoms with Crippen molar-refractivity contribution in [1.82, 2.24) is 0 Å². The molecule has 1 rings (SSSR count). The van der Waals surface area contributed by atoms with E-state index in [1.807, 2.05) is 0 Å². The van der Waals surface area contributed by atoms with E-state index in [0.29, 0.717) is 5.56 Å². The van der Waals surface area contributed by atoms with Crippen molar-refractivity contribution in [2.75, 3.05) is 6.67 Å². The van der Waals surface area contributed by atoms with Crippen LogP contribution in [0.15, 0.2) is 24.3 Å². The summed E-state index contributed by atoms with van der Waals surface area (Å²) in [5.74, 6) is -0.411. The first kappa shape index (κ1) is 9.10. The van der Waals surface area contributed by atoms with Crippen LogP contribution in [0.3, 0.4) is 0 Å². The van der Waals surface area contributed by atoms with E-state index in [1.54, 1.807) is 0 Å². The molecule has 0 spiro atoms. The van der Waals surface area contributed by atoms with Crippen LogP contribution in [0.5, 0.6) is 0 Å². The Bertz CT molecular complexity index is 230. The van der Waals surface area contributed by atoms with E-state index in [1.165, 1.54) is 24.3 Å². The van der Waals surface area contributed by atoms with Crippen molar-refractivity contribution >= 4 is 0 Å². The topological polar surface area (TPSA) is 0 Å². The molecule has 0 aliphatic rings. The summed E-state index contributed by atoms with van der Waals surface area (Å²) >= 11 is 0. The molecule has 0 amide bonds. The summed E-state index contributed by atoms with van der Waals surface area (Å²) in [5.41, 5.74) is 0.328. The van der Waals surface area contributed by atoms with Gasteiger partial charge in [-0.05, 0) is 17.7 Å². The van der Waals surface area contributed by atoms with Gasteiger partial charge < -0.3 is 0 Å². The smallest absolute Gasteiger partial charge is 0.128 e. The minimum atomic E-state index is -1.32. The quantitative estimate of drug-likeness (QED) is 0.660. The highest BCUT2D eigenvalue weighted by molar-refractivity contribution is 5.18. The van der Waals surface area contributed by atoms with Gasteiger partial charge in [-0.15, -0.1) is 0 Å². The first-order valence-corrected chi connectivity index (χ1v) is 3.69. The summed E-state index contributed by atoms with van der Waals surface area (Å²) in [7, 11) is 0. The van der Waals surface area contributed by atoms with Crippen LogP contribution in [0.1, 0.15) is 18.2 Å². The predicted octanol–water partition coefficient (Wildman–Crippen LogP) is 3.20. The number of rotatable bonds is 3. The fourth-order valence-electron chi connectivity index (χ4n) is 0.934. The van der Waals surface area contributed by atoms with Gasteiger partial charge in [0.2, 0.25) is 0 Å². The second-order valence-corrected chi connectivity index (χ2v) is 2.50. The average molecular weight is 174 g/mol. The molecule has 0 saturated heterocycles. The second kappa shape index (κ2) is 4.14. The van der Waals surface area contributed by atoms with Crippen LogP contribution in [0.25, 0.3) is 0 Å². The van der Waals surface area contributed by atoms with Crippen LogP contribution >= 0.6 is 0 Å². The highest BCUT2D eigenvalue weighted by Gasteiger charge is 2.08. The molecular formula is C9H9F3. The first-order chi connectivity index (χ1) is 5.74. The lowest BCUT2D eigenvalue weighted by molar-refractivity contribution is 0.289. The van der Waals surface area contributed by atoms with Gasteiger partial charge in [0.25, 0.3) is 0 Å². The van der Waals surface area contributed by atoms with E-state index in [0.717, 1.165) is 0 Å². The molecule has 0 nitrogen and oxygen atoms in total. The fraction of sp³-hybridized carbons (Fsp3) is 0.333. The standard InChI is InChI=1S/C9H9F3/c10-6-5-9(12)7-1-3-8(11)4-2-7/h1-4,9H,5-6H2. The third-order valence-electron chi connectivity index (χ3n) is 1.59. The summed E-state index contributed by atoms with van der Waals surface area (Å²) in [5, 5.41) is 0. The maximum absolute atomic E-state index is 12.9. The minimum Gasteiger partial charge on any atom is -0.251 e. The van der Waals surface area contributed by atoms with Crippen molar-refractivity contribution in [3.05, 3.63) is 35.6 Å². The molecule has 0 saturated carbocycles. The molecule has 3 heteroatoms. The van der Waals surface area contributed by atoms with Crippen molar-refractivity contribution in [1.29, 1.82) is 0 Å². The molecule has 1 atom stereocenters. The third kappa shape index (κ3) is 2.26. The molecular weight excluding hydrogens is 165 g/mol. The monoisotopic (exact) mass is 174 g/mol. The van der Waals surface area contributed by atoms with Crippen molar-refractivity contribution < 1.29 is 13.2 Å². The molecule has 1 aromatic carbocycles. The maximum Gasteiger partial charge on any atom is 0.128 e. The van der Waals surface area contributed by atoms with Crippen LogP contribution in [0.2, 0.25) is 0 Å². The van der Waals surface area contributed by atoms with Crippen molar-refractivity contribution in [3.8, 4) is 0 Å². The molecule has 0 fully saturated rings. The Balaban J connectivity index is 2.68. The summed E-state index contributed by atoms with van der Waals surface area (Å²) in [6.07, 6.45) is -1.48. The SMILES string of the molecule is FCCC(F)c1ccc(F)cc1. The van der Waals surface area contributed by atoms with Gasteiger partial charge >= 0.3 is 0 Å². The zero-order chi connectivity index (χ0) is 8.97. The van der Waals surface area contributed by atoms with Crippen LogP contribution < -0.4 is 0 Å². The lowest BCUT2D eigenvalue weighted by atomic mass is 10.1. The number of benzene rings is 1. The van der Waals surface area contributed by atoms with E-state index >= 15 is 0 Å². The van der Waals surface area contributed by atoms with Crippen LogP contribution in [0.4, 0.5) is 13.2 Å². The number of hydrogen-bond acceptors (Lipinski definition) is 0. The fourth-order valence-corrected chi connectivity index (χ4v) is 0.934. The van der Waals surface area contributed by atoms with Gasteiger partial charge in [-0.3, -0.25) is 4.39 Å². The van der Waals surface area contributed by atoms with Crippen LogP contribution in [-0.2, 0) is 0 Å². The molecule has 0 bridgehead atoms. The predicted molar refractivity (Wildman–Crippen MR) is 40.8 cm³/mol. The summed E-state index contributed by atoms with van der Waals surface area (Å²) in [6.45, 7) is -0.696. The van der Waals surface area contributed by atoms with Crippen molar-refractivity contribution in [3.63, 3.8) is 0 Å². The molecule has 0 aliphatic carbocycles. The molecule has 0 N–H and O–H groups in total. The summed E-state index contributed by atoms with van der Waals surface area (Å²) < 4.78 is 36.9. The van der Waals surface area contributed by atoms with Crippen molar-refractivity contribution in [2.24, 2.45) is 0 Å². The van der Waals surface area contributed by atoms with E-state index in [9.17, 15) is 13.2 Å². The van der Waals surface area contributed by atoms with E-state index in [2.05, 4.69) is 0 Å². The lowest BCUT2D eigenvalue weighted by Crippen LogP contribution is -1.92. The van der Waals surface area contributed by atoms with Gasteiger partial charge in [0.15, 0.2) is 0 Å². The Morgan fingerprint density at radius 1 is 1.17 bits per heavy atom. The first-order valence-electron chi connectivity index (χ1n) is 3.69. The van der Waals surface area contributed by atoms with E-state index in [4.69, 9.17) is 0 Å². The Kier molecular flexibility index (Phi) is 3.14. The van der Waals surface area contributed by atoms with Crippen molar-refractivity contribution in [2.45, 2.75) is 12.6 Å². The summed E-state index contributed by atoms with van der Waals surface area (Å²) in [4.78, 5) is 0. The van der Waals surface area contributed by atoms with E-state index < -0.39 is 18.7 Å². The van der Waals surface area contributed by atoms with Crippen LogP contribution in [-0.4, -0.2) is 6.67 Å². The van der Waals surface area contributed by atoms with Gasteiger partial charge in [0, 0.05) is 6.42 Å². The normalized spacial score (nSPS) is 12.9. The third-order valence-corrected chi connectivity index (χ3v) is 1.59. The number of hydrogen-bond donors (Lipinski definition) is 0. The second-order valence-electron chi connectivity index (χ2n) is 2.50. The molecule has 66 valence electrons. The largest absolute Gasteiger partial charge is 0.251 e. The number of halogens is 3. The van der Waals surface area contributed by atoms with Gasteiger partial charge in [0.1, 0.15) is 12.0 Å². The Morgan fingerprint density at radius 2 is 1.75 bits per heavy atom. The molecule has 1 aromatic rings. The minimum absolute atomic E-state index is 0.161. The zero-order valence-corrected chi connectivity index (χ0v) is 6.43. The molecule has 0 aromatic heterocycles. The Labute approximate surface area is 69.0 Å².